The van der Waals surface area contributed by atoms with Crippen LogP contribution in [0.3, 0.4) is 0 Å². The number of aryl methyl sites for hydroxylation is 2. The van der Waals surface area contributed by atoms with Gasteiger partial charge in [0.2, 0.25) is 0 Å². The first-order chi connectivity index (χ1) is 8.97. The summed E-state index contributed by atoms with van der Waals surface area (Å²) in [5, 5.41) is -0.102. The van der Waals surface area contributed by atoms with Gasteiger partial charge in [-0.3, -0.25) is 0 Å². The van der Waals surface area contributed by atoms with E-state index in [9.17, 15) is 9.18 Å². The van der Waals surface area contributed by atoms with Crippen molar-refractivity contribution in [3.8, 4) is 5.75 Å². The average Bonchev–Trinajstić information content (AvgIpc) is 2.31. The standard InChI is InChI=1S/C15H12ClFO2/c1-9-6-10(2)8-11(7-9)19-15(18)12-4-3-5-13(16)14(12)17/h3-8H,1-2H3. The number of hydrogen-bond donors (Lipinski definition) is 0. The molecular weight excluding hydrogens is 267 g/mol. The summed E-state index contributed by atoms with van der Waals surface area (Å²) in [6.45, 7) is 3.79. The molecule has 0 unspecified atom stereocenters. The van der Waals surface area contributed by atoms with Gasteiger partial charge in [0.15, 0.2) is 5.82 Å². The summed E-state index contributed by atoms with van der Waals surface area (Å²) in [5.74, 6) is -1.13. The Morgan fingerprint density at radius 1 is 1.16 bits per heavy atom. The minimum absolute atomic E-state index is 0.102. The van der Waals surface area contributed by atoms with E-state index in [4.69, 9.17) is 16.3 Å². The van der Waals surface area contributed by atoms with Gasteiger partial charge in [-0.05, 0) is 49.2 Å². The van der Waals surface area contributed by atoms with Gasteiger partial charge in [-0.25, -0.2) is 9.18 Å². The average molecular weight is 279 g/mol. The van der Waals surface area contributed by atoms with Crippen LogP contribution < -0.4 is 4.74 Å². The Morgan fingerprint density at radius 2 is 1.79 bits per heavy atom. The van der Waals surface area contributed by atoms with E-state index < -0.39 is 11.8 Å². The normalized spacial score (nSPS) is 10.3. The summed E-state index contributed by atoms with van der Waals surface area (Å²) in [5.41, 5.74) is 1.76. The second kappa shape index (κ2) is 5.41. The Labute approximate surface area is 115 Å². The summed E-state index contributed by atoms with van der Waals surface area (Å²) >= 11 is 5.63. The Balaban J connectivity index is 2.28. The Hall–Kier alpha value is -1.87. The number of halogens is 2. The highest BCUT2D eigenvalue weighted by Gasteiger charge is 2.16. The van der Waals surface area contributed by atoms with Crippen molar-refractivity contribution in [1.29, 1.82) is 0 Å². The predicted octanol–water partition coefficient (Wildman–Crippen LogP) is 4.32. The number of rotatable bonds is 2. The molecule has 2 aromatic carbocycles. The van der Waals surface area contributed by atoms with Gasteiger partial charge in [0, 0.05) is 0 Å². The monoisotopic (exact) mass is 278 g/mol. The molecule has 0 aliphatic rings. The molecule has 4 heteroatoms. The highest BCUT2D eigenvalue weighted by molar-refractivity contribution is 6.31. The Bertz CT molecular complexity index is 618. The first kappa shape index (κ1) is 13.6. The maximum Gasteiger partial charge on any atom is 0.346 e. The largest absolute Gasteiger partial charge is 0.423 e. The van der Waals surface area contributed by atoms with Gasteiger partial charge < -0.3 is 4.74 Å². The van der Waals surface area contributed by atoms with Crippen molar-refractivity contribution >= 4 is 17.6 Å². The van der Waals surface area contributed by atoms with E-state index in [1.165, 1.54) is 18.2 Å². The summed E-state index contributed by atoms with van der Waals surface area (Å²) in [4.78, 5) is 11.9. The molecule has 0 radical (unpaired) electrons. The Kier molecular flexibility index (Phi) is 3.86. The minimum atomic E-state index is -0.765. The molecule has 0 saturated heterocycles. The van der Waals surface area contributed by atoms with Crippen molar-refractivity contribution in [2.45, 2.75) is 13.8 Å². The van der Waals surface area contributed by atoms with Crippen LogP contribution in [0.4, 0.5) is 4.39 Å². The molecule has 0 saturated carbocycles. The van der Waals surface area contributed by atoms with E-state index in [-0.39, 0.29) is 10.6 Å². The lowest BCUT2D eigenvalue weighted by Crippen LogP contribution is -2.11. The van der Waals surface area contributed by atoms with Crippen molar-refractivity contribution in [3.63, 3.8) is 0 Å². The molecule has 98 valence electrons. The second-order valence-electron chi connectivity index (χ2n) is 4.31. The van der Waals surface area contributed by atoms with Crippen molar-refractivity contribution in [2.24, 2.45) is 0 Å². The lowest BCUT2D eigenvalue weighted by atomic mass is 10.1. The topological polar surface area (TPSA) is 26.3 Å². The Morgan fingerprint density at radius 3 is 2.42 bits per heavy atom. The molecule has 19 heavy (non-hydrogen) atoms. The van der Waals surface area contributed by atoms with Crippen LogP contribution in [-0.4, -0.2) is 5.97 Å². The zero-order chi connectivity index (χ0) is 14.0. The smallest absolute Gasteiger partial charge is 0.346 e. The van der Waals surface area contributed by atoms with Gasteiger partial charge in [-0.1, -0.05) is 23.7 Å². The number of carbonyl (C=O) groups is 1. The molecule has 0 aromatic heterocycles. The van der Waals surface area contributed by atoms with Crippen molar-refractivity contribution < 1.29 is 13.9 Å². The zero-order valence-corrected chi connectivity index (χ0v) is 11.3. The highest BCUT2D eigenvalue weighted by atomic mass is 35.5. The number of benzene rings is 2. The molecule has 0 heterocycles. The molecular formula is C15H12ClFO2. The molecule has 2 aromatic rings. The summed E-state index contributed by atoms with van der Waals surface area (Å²) in [7, 11) is 0. The fraction of sp³-hybridized carbons (Fsp3) is 0.133. The third-order valence-electron chi connectivity index (χ3n) is 2.58. The van der Waals surface area contributed by atoms with Gasteiger partial charge in [-0.2, -0.15) is 0 Å². The van der Waals surface area contributed by atoms with E-state index >= 15 is 0 Å². The highest BCUT2D eigenvalue weighted by Crippen LogP contribution is 2.21. The summed E-state index contributed by atoms with van der Waals surface area (Å²) in [6, 6.07) is 9.61. The lowest BCUT2D eigenvalue weighted by molar-refractivity contribution is 0.0730. The number of ether oxygens (including phenoxy) is 1. The van der Waals surface area contributed by atoms with Crippen molar-refractivity contribution in [2.75, 3.05) is 0 Å². The minimum Gasteiger partial charge on any atom is -0.423 e. The fourth-order valence-electron chi connectivity index (χ4n) is 1.82. The molecule has 0 aliphatic carbocycles. The maximum atomic E-state index is 13.7. The number of carbonyl (C=O) groups excluding carboxylic acids is 1. The fourth-order valence-corrected chi connectivity index (χ4v) is 1.99. The van der Waals surface area contributed by atoms with Crippen LogP contribution in [0.5, 0.6) is 5.75 Å². The molecule has 0 fully saturated rings. The SMILES string of the molecule is Cc1cc(C)cc(OC(=O)c2cccc(Cl)c2F)c1. The summed E-state index contributed by atoms with van der Waals surface area (Å²) in [6.07, 6.45) is 0. The lowest BCUT2D eigenvalue weighted by Gasteiger charge is -2.07. The van der Waals surface area contributed by atoms with Crippen LogP contribution >= 0.6 is 11.6 Å². The van der Waals surface area contributed by atoms with Gasteiger partial charge >= 0.3 is 5.97 Å². The zero-order valence-electron chi connectivity index (χ0n) is 10.5. The van der Waals surface area contributed by atoms with Crippen LogP contribution in [0.15, 0.2) is 36.4 Å². The maximum absolute atomic E-state index is 13.7. The molecule has 0 spiro atoms. The summed E-state index contributed by atoms with van der Waals surface area (Å²) < 4.78 is 18.8. The van der Waals surface area contributed by atoms with E-state index in [2.05, 4.69) is 0 Å². The van der Waals surface area contributed by atoms with Gasteiger partial charge in [0.1, 0.15) is 5.75 Å². The van der Waals surface area contributed by atoms with Gasteiger partial charge in [0.05, 0.1) is 10.6 Å². The van der Waals surface area contributed by atoms with Crippen LogP contribution in [0.1, 0.15) is 21.5 Å². The third-order valence-corrected chi connectivity index (χ3v) is 2.87. The van der Waals surface area contributed by atoms with Crippen LogP contribution in [-0.2, 0) is 0 Å². The van der Waals surface area contributed by atoms with Crippen LogP contribution in [0.25, 0.3) is 0 Å². The van der Waals surface area contributed by atoms with Crippen molar-refractivity contribution in [1.82, 2.24) is 0 Å². The van der Waals surface area contributed by atoms with E-state index in [0.717, 1.165) is 11.1 Å². The predicted molar refractivity (Wildman–Crippen MR) is 72.3 cm³/mol. The first-order valence-electron chi connectivity index (χ1n) is 5.72. The van der Waals surface area contributed by atoms with E-state index in [1.807, 2.05) is 19.9 Å². The first-order valence-corrected chi connectivity index (χ1v) is 6.09. The van der Waals surface area contributed by atoms with Gasteiger partial charge in [-0.15, -0.1) is 0 Å². The molecule has 2 rings (SSSR count). The third kappa shape index (κ3) is 3.12. The van der Waals surface area contributed by atoms with Gasteiger partial charge in [0.25, 0.3) is 0 Å². The van der Waals surface area contributed by atoms with E-state index in [0.29, 0.717) is 5.75 Å². The van der Waals surface area contributed by atoms with Crippen LogP contribution in [0.2, 0.25) is 5.02 Å². The van der Waals surface area contributed by atoms with E-state index in [1.54, 1.807) is 12.1 Å². The molecule has 0 aliphatic heterocycles. The number of esters is 1. The molecule has 0 amide bonds. The molecule has 0 bridgehead atoms. The molecule has 2 nitrogen and oxygen atoms in total. The second-order valence-corrected chi connectivity index (χ2v) is 4.72. The van der Waals surface area contributed by atoms with Crippen LogP contribution in [0, 0.1) is 19.7 Å². The number of hydrogen-bond acceptors (Lipinski definition) is 2. The van der Waals surface area contributed by atoms with Crippen molar-refractivity contribution in [3.05, 3.63) is 63.9 Å². The molecule has 0 atom stereocenters. The molecule has 0 N–H and O–H groups in total. The quantitative estimate of drug-likeness (QED) is 0.604.